The van der Waals surface area contributed by atoms with Gasteiger partial charge >= 0.3 is 0 Å². The molecule has 0 bridgehead atoms. The lowest BCUT2D eigenvalue weighted by Crippen LogP contribution is -2.08. The average Bonchev–Trinajstić information content (AvgIpc) is 3.12. The molecule has 0 fully saturated rings. The van der Waals surface area contributed by atoms with E-state index in [1.807, 2.05) is 4.68 Å². The maximum absolute atomic E-state index is 5.83. The van der Waals surface area contributed by atoms with E-state index in [4.69, 9.17) is 5.73 Å². The lowest BCUT2D eigenvalue weighted by Gasteiger charge is -2.10. The van der Waals surface area contributed by atoms with Gasteiger partial charge in [-0.25, -0.2) is 4.68 Å². The summed E-state index contributed by atoms with van der Waals surface area (Å²) in [6, 6.07) is 10.6. The van der Waals surface area contributed by atoms with Crippen molar-refractivity contribution < 1.29 is 0 Å². The Balaban J connectivity index is 2.10. The molecule has 2 aromatic heterocycles. The second-order valence-corrected chi connectivity index (χ2v) is 6.18. The van der Waals surface area contributed by atoms with Crippen molar-refractivity contribution in [3.8, 4) is 5.69 Å². The van der Waals surface area contributed by atoms with E-state index in [2.05, 4.69) is 59.9 Å². The fourth-order valence-electron chi connectivity index (χ4n) is 2.39. The van der Waals surface area contributed by atoms with Gasteiger partial charge in [-0.05, 0) is 42.5 Å². The minimum absolute atomic E-state index is 0.408. The van der Waals surface area contributed by atoms with Gasteiger partial charge in [0, 0.05) is 17.8 Å². The average molecular weight is 298 g/mol. The van der Waals surface area contributed by atoms with E-state index >= 15 is 0 Å². The van der Waals surface area contributed by atoms with Crippen LogP contribution in [0, 0.1) is 13.8 Å². The topological polar surface area (TPSA) is 56.7 Å². The van der Waals surface area contributed by atoms with Crippen molar-refractivity contribution in [1.29, 1.82) is 0 Å². The van der Waals surface area contributed by atoms with E-state index in [9.17, 15) is 0 Å². The van der Waals surface area contributed by atoms with Crippen molar-refractivity contribution in [3.63, 3.8) is 0 Å². The van der Waals surface area contributed by atoms with Gasteiger partial charge in [-0.15, -0.1) is 16.4 Å². The summed E-state index contributed by atoms with van der Waals surface area (Å²) in [7, 11) is 0. The van der Waals surface area contributed by atoms with Crippen LogP contribution in [0.2, 0.25) is 0 Å². The highest BCUT2D eigenvalue weighted by Crippen LogP contribution is 2.22. The Morgan fingerprint density at radius 2 is 2.10 bits per heavy atom. The number of hydrogen-bond donors (Lipinski definition) is 1. The molecule has 0 amide bonds. The largest absolute Gasteiger partial charge is 0.325 e. The Morgan fingerprint density at radius 3 is 2.81 bits per heavy atom. The Labute approximate surface area is 128 Å². The maximum Gasteiger partial charge on any atom is 0.100 e. The van der Waals surface area contributed by atoms with Crippen molar-refractivity contribution in [2.75, 3.05) is 0 Å². The first-order chi connectivity index (χ1) is 10.2. The van der Waals surface area contributed by atoms with Crippen molar-refractivity contribution in [1.82, 2.24) is 15.0 Å². The Hall–Kier alpha value is -1.98. The van der Waals surface area contributed by atoms with E-state index in [-0.39, 0.29) is 0 Å². The molecule has 2 heterocycles. The van der Waals surface area contributed by atoms with Gasteiger partial charge in [-0.1, -0.05) is 23.4 Å². The number of rotatable bonds is 4. The van der Waals surface area contributed by atoms with Crippen LogP contribution in [0.1, 0.15) is 27.4 Å². The van der Waals surface area contributed by atoms with E-state index in [1.54, 1.807) is 11.3 Å². The lowest BCUT2D eigenvalue weighted by atomic mass is 10.1. The van der Waals surface area contributed by atoms with Gasteiger partial charge in [0.1, 0.15) is 5.69 Å². The van der Waals surface area contributed by atoms with Gasteiger partial charge in [0.05, 0.1) is 11.4 Å². The zero-order valence-electron chi connectivity index (χ0n) is 12.2. The van der Waals surface area contributed by atoms with Crippen LogP contribution in [-0.2, 0) is 13.0 Å². The molecule has 4 nitrogen and oxygen atoms in total. The number of hydrogen-bond acceptors (Lipinski definition) is 4. The minimum Gasteiger partial charge on any atom is -0.325 e. The summed E-state index contributed by atoms with van der Waals surface area (Å²) in [5, 5.41) is 10.7. The summed E-state index contributed by atoms with van der Waals surface area (Å²) >= 11 is 1.74. The van der Waals surface area contributed by atoms with E-state index in [1.165, 1.54) is 16.0 Å². The SMILES string of the molecule is Cc1ccc(C)c(-n2nnc(CN)c2Cc2cccs2)c1. The molecule has 0 saturated heterocycles. The molecular formula is C16H18N4S. The quantitative estimate of drug-likeness (QED) is 0.805. The van der Waals surface area contributed by atoms with Crippen molar-refractivity contribution in [2.24, 2.45) is 5.73 Å². The molecule has 108 valence electrons. The molecule has 0 atom stereocenters. The Kier molecular flexibility index (Phi) is 3.86. The van der Waals surface area contributed by atoms with Gasteiger partial charge in [0.25, 0.3) is 0 Å². The van der Waals surface area contributed by atoms with Crippen LogP contribution >= 0.6 is 11.3 Å². The Morgan fingerprint density at radius 1 is 1.24 bits per heavy atom. The van der Waals surface area contributed by atoms with Crippen LogP contribution in [0.4, 0.5) is 0 Å². The van der Waals surface area contributed by atoms with Crippen molar-refractivity contribution in [3.05, 3.63) is 63.1 Å². The zero-order valence-corrected chi connectivity index (χ0v) is 13.0. The van der Waals surface area contributed by atoms with Crippen LogP contribution in [0.25, 0.3) is 5.69 Å². The predicted octanol–water partition coefficient (Wildman–Crippen LogP) is 3.00. The fourth-order valence-corrected chi connectivity index (χ4v) is 3.10. The molecule has 0 unspecified atom stereocenters. The molecule has 3 rings (SSSR count). The fraction of sp³-hybridized carbons (Fsp3) is 0.250. The van der Waals surface area contributed by atoms with Gasteiger partial charge in [-0.3, -0.25) is 0 Å². The van der Waals surface area contributed by atoms with Gasteiger partial charge in [0.2, 0.25) is 0 Å². The van der Waals surface area contributed by atoms with Crippen molar-refractivity contribution >= 4 is 11.3 Å². The Bertz CT molecular complexity index is 744. The normalized spacial score (nSPS) is 11.0. The van der Waals surface area contributed by atoms with Crippen LogP contribution in [0.5, 0.6) is 0 Å². The monoisotopic (exact) mass is 298 g/mol. The maximum atomic E-state index is 5.83. The number of nitrogens with two attached hydrogens (primary N) is 1. The molecule has 0 aliphatic rings. The molecule has 21 heavy (non-hydrogen) atoms. The molecule has 1 aromatic carbocycles. The molecule has 0 aliphatic carbocycles. The van der Waals surface area contributed by atoms with Crippen LogP contribution in [0.3, 0.4) is 0 Å². The first-order valence-electron chi connectivity index (χ1n) is 6.92. The number of thiophene rings is 1. The van der Waals surface area contributed by atoms with Crippen LogP contribution < -0.4 is 5.73 Å². The number of benzene rings is 1. The van der Waals surface area contributed by atoms with E-state index in [0.29, 0.717) is 6.54 Å². The smallest absolute Gasteiger partial charge is 0.100 e. The van der Waals surface area contributed by atoms with E-state index in [0.717, 1.165) is 23.5 Å². The minimum atomic E-state index is 0.408. The highest BCUT2D eigenvalue weighted by Gasteiger charge is 2.15. The molecule has 0 radical (unpaired) electrons. The number of aromatic nitrogens is 3. The van der Waals surface area contributed by atoms with Gasteiger partial charge < -0.3 is 5.73 Å². The van der Waals surface area contributed by atoms with Gasteiger partial charge in [-0.2, -0.15) is 0 Å². The molecule has 2 N–H and O–H groups in total. The number of aryl methyl sites for hydroxylation is 2. The second-order valence-electron chi connectivity index (χ2n) is 5.14. The zero-order chi connectivity index (χ0) is 14.8. The third-order valence-corrected chi connectivity index (χ3v) is 4.43. The second kappa shape index (κ2) is 5.79. The lowest BCUT2D eigenvalue weighted by molar-refractivity contribution is 0.768. The third kappa shape index (κ3) is 2.75. The van der Waals surface area contributed by atoms with Gasteiger partial charge in [0.15, 0.2) is 0 Å². The summed E-state index contributed by atoms with van der Waals surface area (Å²) in [6.45, 7) is 4.59. The third-order valence-electron chi connectivity index (χ3n) is 3.55. The van der Waals surface area contributed by atoms with E-state index < -0.39 is 0 Å². The first kappa shape index (κ1) is 14.0. The summed E-state index contributed by atoms with van der Waals surface area (Å²) < 4.78 is 1.93. The van der Waals surface area contributed by atoms with Crippen LogP contribution in [0.15, 0.2) is 35.7 Å². The summed E-state index contributed by atoms with van der Waals surface area (Å²) in [4.78, 5) is 1.29. The molecular weight excluding hydrogens is 280 g/mol. The summed E-state index contributed by atoms with van der Waals surface area (Å²) in [5.74, 6) is 0. The standard InChI is InChI=1S/C16H18N4S/c1-11-5-6-12(2)15(8-11)20-16(14(10-17)18-19-20)9-13-4-3-7-21-13/h3-8H,9-10,17H2,1-2H3. The summed E-state index contributed by atoms with van der Waals surface area (Å²) in [5.41, 5.74) is 11.2. The van der Waals surface area contributed by atoms with Crippen molar-refractivity contribution in [2.45, 2.75) is 26.8 Å². The highest BCUT2D eigenvalue weighted by molar-refractivity contribution is 7.09. The first-order valence-corrected chi connectivity index (χ1v) is 7.80. The molecule has 5 heteroatoms. The molecule has 0 saturated carbocycles. The van der Waals surface area contributed by atoms with Crippen LogP contribution in [-0.4, -0.2) is 15.0 Å². The molecule has 3 aromatic rings. The predicted molar refractivity (Wildman–Crippen MR) is 85.8 cm³/mol. The number of nitrogens with zero attached hydrogens (tertiary/aromatic N) is 3. The molecule has 0 aliphatic heterocycles. The highest BCUT2D eigenvalue weighted by atomic mass is 32.1. The summed E-state index contributed by atoms with van der Waals surface area (Å²) in [6.07, 6.45) is 0.810. The molecule has 0 spiro atoms.